The second kappa shape index (κ2) is 8.43. The molecular weight excluding hydrogens is 426 g/mol. The van der Waals surface area contributed by atoms with E-state index in [0.717, 1.165) is 34.3 Å². The van der Waals surface area contributed by atoms with Gasteiger partial charge in [-0.05, 0) is 36.4 Å². The van der Waals surface area contributed by atoms with Crippen LogP contribution in [0.2, 0.25) is 0 Å². The minimum absolute atomic E-state index is 0.282. The summed E-state index contributed by atoms with van der Waals surface area (Å²) in [5.74, 6) is 2.11. The number of carbonyl (C=O) groups excluding carboxylic acids is 1. The first-order valence-electron chi connectivity index (χ1n) is 10.0. The molecule has 0 fully saturated rings. The number of imidazole rings is 1. The van der Waals surface area contributed by atoms with Crippen LogP contribution in [-0.2, 0) is 6.54 Å². The van der Waals surface area contributed by atoms with Crippen molar-refractivity contribution in [2.75, 3.05) is 25.3 Å². The third-order valence-electron chi connectivity index (χ3n) is 5.25. The highest BCUT2D eigenvalue weighted by Gasteiger charge is 2.17. The van der Waals surface area contributed by atoms with Crippen molar-refractivity contribution in [3.8, 4) is 34.0 Å². The van der Waals surface area contributed by atoms with E-state index in [1.807, 2.05) is 36.4 Å². The molecule has 0 atom stereocenters. The number of hydrogen-bond donors (Lipinski definition) is 2. The lowest BCUT2D eigenvalue weighted by atomic mass is 10.1. The molecule has 0 spiro atoms. The van der Waals surface area contributed by atoms with E-state index in [-0.39, 0.29) is 5.91 Å². The number of ether oxygens (including phenoxy) is 2. The molecule has 4 aromatic rings. The number of amides is 1. The zero-order valence-electron chi connectivity index (χ0n) is 17.6. The van der Waals surface area contributed by atoms with Gasteiger partial charge in [0.1, 0.15) is 17.2 Å². The van der Waals surface area contributed by atoms with Gasteiger partial charge in [0, 0.05) is 35.3 Å². The summed E-state index contributed by atoms with van der Waals surface area (Å²) in [4.78, 5) is 17.4. The number of thioether (sulfide) groups is 1. The number of hydrogen-bond acceptors (Lipinski definition) is 6. The summed E-state index contributed by atoms with van der Waals surface area (Å²) in [5, 5.41) is 11.0. The summed E-state index contributed by atoms with van der Waals surface area (Å²) < 4.78 is 12.9. The molecule has 32 heavy (non-hydrogen) atoms. The Morgan fingerprint density at radius 3 is 2.69 bits per heavy atom. The van der Waals surface area contributed by atoms with Crippen LogP contribution in [0.1, 0.15) is 10.5 Å². The van der Waals surface area contributed by atoms with Gasteiger partial charge < -0.3 is 19.4 Å². The lowest BCUT2D eigenvalue weighted by Crippen LogP contribution is -2.12. The number of benzene rings is 2. The summed E-state index contributed by atoms with van der Waals surface area (Å²) in [7, 11) is 3.18. The van der Waals surface area contributed by atoms with Gasteiger partial charge in [0.2, 0.25) is 0 Å². The minimum Gasteiger partial charge on any atom is -0.497 e. The molecule has 2 aromatic carbocycles. The Morgan fingerprint density at radius 1 is 1.09 bits per heavy atom. The maximum absolute atomic E-state index is 12.7. The number of carbonyl (C=O) groups is 1. The van der Waals surface area contributed by atoms with Gasteiger partial charge in [0.15, 0.2) is 5.16 Å². The molecule has 0 aliphatic carbocycles. The number of H-pyrrole nitrogens is 1. The van der Waals surface area contributed by atoms with E-state index in [4.69, 9.17) is 9.47 Å². The molecule has 8 nitrogen and oxygen atoms in total. The Bertz CT molecular complexity index is 1260. The number of rotatable bonds is 6. The number of methoxy groups -OCH3 is 2. The molecule has 3 heterocycles. The fraction of sp³-hybridized carbons (Fsp3) is 0.174. The van der Waals surface area contributed by atoms with Crippen molar-refractivity contribution in [1.82, 2.24) is 19.7 Å². The van der Waals surface area contributed by atoms with Crippen molar-refractivity contribution in [3.63, 3.8) is 0 Å². The lowest BCUT2D eigenvalue weighted by molar-refractivity contribution is 0.102. The van der Waals surface area contributed by atoms with Crippen LogP contribution < -0.4 is 14.8 Å². The molecule has 0 radical (unpaired) electrons. The smallest absolute Gasteiger partial charge is 0.273 e. The second-order valence-electron chi connectivity index (χ2n) is 7.22. The van der Waals surface area contributed by atoms with Crippen molar-refractivity contribution in [2.24, 2.45) is 0 Å². The predicted molar refractivity (Wildman–Crippen MR) is 123 cm³/mol. The number of nitrogens with one attached hydrogen (secondary N) is 2. The van der Waals surface area contributed by atoms with E-state index in [9.17, 15) is 4.79 Å². The third kappa shape index (κ3) is 3.82. The molecule has 1 aliphatic rings. The quantitative estimate of drug-likeness (QED) is 0.457. The fourth-order valence-electron chi connectivity index (χ4n) is 3.56. The zero-order chi connectivity index (χ0) is 22.1. The van der Waals surface area contributed by atoms with Gasteiger partial charge in [0.25, 0.3) is 5.91 Å². The first kappa shape index (κ1) is 20.2. The second-order valence-corrected chi connectivity index (χ2v) is 8.28. The van der Waals surface area contributed by atoms with Crippen LogP contribution in [0.3, 0.4) is 0 Å². The average molecular weight is 448 g/mol. The Hall–Kier alpha value is -3.72. The number of anilines is 1. The summed E-state index contributed by atoms with van der Waals surface area (Å²) in [6.07, 6.45) is 2.07. The SMILES string of the molecule is COc1ccc(OC)c(-c2cc(C(=O)Nc3ccc(-c4cn5c(n4)SCC5)cc3)[nH]n2)c1. The van der Waals surface area contributed by atoms with Gasteiger partial charge in [-0.2, -0.15) is 5.10 Å². The van der Waals surface area contributed by atoms with Crippen LogP contribution in [-0.4, -0.2) is 45.6 Å². The van der Waals surface area contributed by atoms with Gasteiger partial charge in [-0.1, -0.05) is 23.9 Å². The Kier molecular flexibility index (Phi) is 5.32. The van der Waals surface area contributed by atoms with Gasteiger partial charge in [-0.15, -0.1) is 0 Å². The fourth-order valence-corrected chi connectivity index (χ4v) is 4.50. The minimum atomic E-state index is -0.282. The molecule has 0 bridgehead atoms. The molecule has 2 N–H and O–H groups in total. The Labute approximate surface area is 189 Å². The maximum atomic E-state index is 12.7. The van der Waals surface area contributed by atoms with Gasteiger partial charge in [0.05, 0.1) is 25.6 Å². The molecule has 162 valence electrons. The molecule has 9 heteroatoms. The van der Waals surface area contributed by atoms with Gasteiger partial charge in [-0.25, -0.2) is 4.98 Å². The topological polar surface area (TPSA) is 94.1 Å². The Morgan fingerprint density at radius 2 is 1.94 bits per heavy atom. The van der Waals surface area contributed by atoms with E-state index >= 15 is 0 Å². The highest BCUT2D eigenvalue weighted by Crippen LogP contribution is 2.33. The summed E-state index contributed by atoms with van der Waals surface area (Å²) in [5.41, 5.74) is 4.31. The molecular formula is C23H21N5O3S. The van der Waals surface area contributed by atoms with Crippen LogP contribution in [0, 0.1) is 0 Å². The maximum Gasteiger partial charge on any atom is 0.273 e. The zero-order valence-corrected chi connectivity index (χ0v) is 18.4. The van der Waals surface area contributed by atoms with Crippen molar-refractivity contribution >= 4 is 23.4 Å². The molecule has 5 rings (SSSR count). The highest BCUT2D eigenvalue weighted by atomic mass is 32.2. The summed E-state index contributed by atoms with van der Waals surface area (Å²) >= 11 is 1.77. The van der Waals surface area contributed by atoms with Crippen molar-refractivity contribution in [2.45, 2.75) is 11.7 Å². The standard InChI is InChI=1S/C23H21N5O3S/c1-30-16-7-8-21(31-2)17(11-16)18-12-19(27-26-18)22(29)24-15-5-3-14(4-6-15)20-13-28-9-10-32-23(28)25-20/h3-8,11-13H,9-10H2,1-2H3,(H,24,29)(H,26,27). The van der Waals surface area contributed by atoms with E-state index in [1.165, 1.54) is 0 Å². The molecule has 0 saturated carbocycles. The first-order chi connectivity index (χ1) is 15.6. The number of aryl methyl sites for hydroxylation is 1. The van der Waals surface area contributed by atoms with E-state index in [1.54, 1.807) is 38.1 Å². The predicted octanol–water partition coefficient (Wildman–Crippen LogP) is 4.32. The van der Waals surface area contributed by atoms with Crippen LogP contribution in [0.5, 0.6) is 11.5 Å². The largest absolute Gasteiger partial charge is 0.497 e. The van der Waals surface area contributed by atoms with Gasteiger partial charge in [-0.3, -0.25) is 9.89 Å². The highest BCUT2D eigenvalue weighted by molar-refractivity contribution is 7.99. The average Bonchev–Trinajstić information content (AvgIpc) is 3.55. The first-order valence-corrected chi connectivity index (χ1v) is 11.0. The van der Waals surface area contributed by atoms with E-state index < -0.39 is 0 Å². The monoisotopic (exact) mass is 447 g/mol. The number of aromatic amines is 1. The van der Waals surface area contributed by atoms with E-state index in [2.05, 4.69) is 31.3 Å². The van der Waals surface area contributed by atoms with Crippen LogP contribution in [0.4, 0.5) is 5.69 Å². The molecule has 0 unspecified atom stereocenters. The van der Waals surface area contributed by atoms with Gasteiger partial charge >= 0.3 is 0 Å². The van der Waals surface area contributed by atoms with Crippen LogP contribution in [0.15, 0.2) is 59.9 Å². The Balaban J connectivity index is 1.31. The molecule has 0 saturated heterocycles. The number of nitrogens with zero attached hydrogens (tertiary/aromatic N) is 3. The molecule has 1 aliphatic heterocycles. The van der Waals surface area contributed by atoms with Crippen molar-refractivity contribution in [1.29, 1.82) is 0 Å². The summed E-state index contributed by atoms with van der Waals surface area (Å²) in [6, 6.07) is 14.8. The normalized spacial score (nSPS) is 12.4. The number of aromatic nitrogens is 4. The number of fused-ring (bicyclic) bond motifs is 1. The van der Waals surface area contributed by atoms with Crippen molar-refractivity contribution in [3.05, 3.63) is 60.4 Å². The van der Waals surface area contributed by atoms with Crippen LogP contribution >= 0.6 is 11.8 Å². The van der Waals surface area contributed by atoms with E-state index in [0.29, 0.717) is 28.6 Å². The third-order valence-corrected chi connectivity index (χ3v) is 6.22. The molecule has 2 aromatic heterocycles. The lowest BCUT2D eigenvalue weighted by Gasteiger charge is -2.08. The molecule has 1 amide bonds. The summed E-state index contributed by atoms with van der Waals surface area (Å²) in [6.45, 7) is 0.995. The van der Waals surface area contributed by atoms with Crippen molar-refractivity contribution < 1.29 is 14.3 Å². The van der Waals surface area contributed by atoms with Crippen LogP contribution in [0.25, 0.3) is 22.5 Å².